The Balaban J connectivity index is 2.12. The molecule has 1 saturated heterocycles. The Morgan fingerprint density at radius 3 is 3.13 bits per heavy atom. The van der Waals surface area contributed by atoms with Gasteiger partial charge in [0.1, 0.15) is 6.04 Å². The molecule has 6 heteroatoms. The SMILES string of the molecule is NC(C(=O)O)c1csc(C2CCSC2)n1. The van der Waals surface area contributed by atoms with Crippen molar-refractivity contribution in [3.63, 3.8) is 0 Å². The fourth-order valence-corrected chi connectivity index (χ4v) is 3.81. The van der Waals surface area contributed by atoms with Crippen molar-refractivity contribution < 1.29 is 9.90 Å². The molecule has 2 heterocycles. The van der Waals surface area contributed by atoms with Crippen molar-refractivity contribution in [3.05, 3.63) is 16.1 Å². The van der Waals surface area contributed by atoms with Gasteiger partial charge in [-0.05, 0) is 12.2 Å². The van der Waals surface area contributed by atoms with Gasteiger partial charge in [-0.25, -0.2) is 4.98 Å². The summed E-state index contributed by atoms with van der Waals surface area (Å²) in [4.78, 5) is 15.0. The summed E-state index contributed by atoms with van der Waals surface area (Å²) in [7, 11) is 0. The maximum atomic E-state index is 10.7. The van der Waals surface area contributed by atoms with Crippen LogP contribution in [-0.4, -0.2) is 27.6 Å². The monoisotopic (exact) mass is 244 g/mol. The van der Waals surface area contributed by atoms with Gasteiger partial charge in [-0.15, -0.1) is 11.3 Å². The van der Waals surface area contributed by atoms with E-state index in [1.807, 2.05) is 11.8 Å². The summed E-state index contributed by atoms with van der Waals surface area (Å²) in [6.07, 6.45) is 1.14. The van der Waals surface area contributed by atoms with E-state index in [0.717, 1.165) is 17.2 Å². The van der Waals surface area contributed by atoms with Crippen LogP contribution in [0.15, 0.2) is 5.38 Å². The van der Waals surface area contributed by atoms with Gasteiger partial charge in [0.05, 0.1) is 10.7 Å². The number of rotatable bonds is 3. The second-order valence-corrected chi connectivity index (χ2v) is 5.53. The third-order valence-electron chi connectivity index (χ3n) is 2.40. The summed E-state index contributed by atoms with van der Waals surface area (Å²) in [6, 6.07) is -0.982. The fourth-order valence-electron chi connectivity index (χ4n) is 1.49. The second kappa shape index (κ2) is 4.51. The number of hydrogen-bond donors (Lipinski definition) is 2. The van der Waals surface area contributed by atoms with Crippen molar-refractivity contribution in [1.29, 1.82) is 0 Å². The first-order valence-corrected chi connectivity index (χ1v) is 6.73. The number of nitrogens with zero attached hydrogens (tertiary/aromatic N) is 1. The van der Waals surface area contributed by atoms with E-state index in [1.54, 1.807) is 5.38 Å². The van der Waals surface area contributed by atoms with E-state index in [4.69, 9.17) is 10.8 Å². The van der Waals surface area contributed by atoms with E-state index in [0.29, 0.717) is 11.6 Å². The van der Waals surface area contributed by atoms with Crippen molar-refractivity contribution in [2.24, 2.45) is 5.73 Å². The smallest absolute Gasteiger partial charge is 0.326 e. The largest absolute Gasteiger partial charge is 0.480 e. The highest BCUT2D eigenvalue weighted by atomic mass is 32.2. The molecule has 4 nitrogen and oxygen atoms in total. The van der Waals surface area contributed by atoms with Gasteiger partial charge in [0.15, 0.2) is 0 Å². The van der Waals surface area contributed by atoms with Crippen molar-refractivity contribution >= 4 is 29.1 Å². The number of nitrogens with two attached hydrogens (primary N) is 1. The van der Waals surface area contributed by atoms with E-state index in [9.17, 15) is 4.79 Å². The van der Waals surface area contributed by atoms with Crippen LogP contribution in [-0.2, 0) is 4.79 Å². The Labute approximate surface area is 95.9 Å². The molecule has 1 aromatic rings. The third kappa shape index (κ3) is 2.32. The molecule has 1 aliphatic heterocycles. The Morgan fingerprint density at radius 1 is 1.73 bits per heavy atom. The highest BCUT2D eigenvalue weighted by Crippen LogP contribution is 2.34. The number of aromatic nitrogens is 1. The van der Waals surface area contributed by atoms with E-state index < -0.39 is 12.0 Å². The van der Waals surface area contributed by atoms with Gasteiger partial charge in [0.25, 0.3) is 0 Å². The van der Waals surface area contributed by atoms with Crippen molar-refractivity contribution in [2.45, 2.75) is 18.4 Å². The summed E-state index contributed by atoms with van der Waals surface area (Å²) in [6.45, 7) is 0. The third-order valence-corrected chi connectivity index (χ3v) is 4.59. The molecule has 1 aliphatic rings. The summed E-state index contributed by atoms with van der Waals surface area (Å²) < 4.78 is 0. The molecule has 0 saturated carbocycles. The average molecular weight is 244 g/mol. The van der Waals surface area contributed by atoms with Crippen LogP contribution in [0.5, 0.6) is 0 Å². The molecule has 2 unspecified atom stereocenters. The molecular weight excluding hydrogens is 232 g/mol. The first-order valence-electron chi connectivity index (χ1n) is 4.70. The molecule has 0 aromatic carbocycles. The zero-order valence-electron chi connectivity index (χ0n) is 8.05. The van der Waals surface area contributed by atoms with Gasteiger partial charge in [-0.3, -0.25) is 4.79 Å². The van der Waals surface area contributed by atoms with Crippen LogP contribution in [0, 0.1) is 0 Å². The maximum absolute atomic E-state index is 10.7. The van der Waals surface area contributed by atoms with Crippen LogP contribution in [0.3, 0.4) is 0 Å². The zero-order chi connectivity index (χ0) is 10.8. The topological polar surface area (TPSA) is 76.2 Å². The highest BCUT2D eigenvalue weighted by Gasteiger charge is 2.23. The maximum Gasteiger partial charge on any atom is 0.326 e. The van der Waals surface area contributed by atoms with E-state index >= 15 is 0 Å². The lowest BCUT2D eigenvalue weighted by molar-refractivity contribution is -0.138. The molecule has 0 bridgehead atoms. The number of hydrogen-bond acceptors (Lipinski definition) is 5. The van der Waals surface area contributed by atoms with Gasteiger partial charge < -0.3 is 10.8 Å². The minimum Gasteiger partial charge on any atom is -0.480 e. The predicted molar refractivity (Wildman–Crippen MR) is 61.4 cm³/mol. The van der Waals surface area contributed by atoms with Gasteiger partial charge in [0.2, 0.25) is 0 Å². The predicted octanol–water partition coefficient (Wildman–Crippen LogP) is 1.45. The normalized spacial score (nSPS) is 22.9. The number of carbonyl (C=O) groups is 1. The summed E-state index contributed by atoms with van der Waals surface area (Å²) in [5, 5.41) is 11.5. The molecule has 2 rings (SSSR count). The lowest BCUT2D eigenvalue weighted by Gasteiger charge is -2.03. The van der Waals surface area contributed by atoms with Gasteiger partial charge in [-0.2, -0.15) is 11.8 Å². The van der Waals surface area contributed by atoms with Crippen LogP contribution in [0.2, 0.25) is 0 Å². The quantitative estimate of drug-likeness (QED) is 0.841. The Kier molecular flexibility index (Phi) is 3.28. The van der Waals surface area contributed by atoms with Gasteiger partial charge >= 0.3 is 5.97 Å². The molecule has 1 aromatic heterocycles. The first-order chi connectivity index (χ1) is 7.18. The highest BCUT2D eigenvalue weighted by molar-refractivity contribution is 7.99. The zero-order valence-corrected chi connectivity index (χ0v) is 9.68. The molecule has 3 N–H and O–H groups in total. The average Bonchev–Trinajstić information content (AvgIpc) is 2.86. The molecule has 2 atom stereocenters. The van der Waals surface area contributed by atoms with Crippen molar-refractivity contribution in [2.75, 3.05) is 11.5 Å². The number of thioether (sulfide) groups is 1. The van der Waals surface area contributed by atoms with Crippen molar-refractivity contribution in [1.82, 2.24) is 4.98 Å². The van der Waals surface area contributed by atoms with Crippen LogP contribution >= 0.6 is 23.1 Å². The molecule has 15 heavy (non-hydrogen) atoms. The minimum absolute atomic E-state index is 0.486. The van der Waals surface area contributed by atoms with Crippen LogP contribution < -0.4 is 5.73 Å². The first kappa shape index (κ1) is 10.9. The van der Waals surface area contributed by atoms with Crippen LogP contribution in [0.25, 0.3) is 0 Å². The summed E-state index contributed by atoms with van der Waals surface area (Å²) in [5.41, 5.74) is 5.97. The lowest BCUT2D eigenvalue weighted by atomic mass is 10.1. The van der Waals surface area contributed by atoms with E-state index in [-0.39, 0.29) is 0 Å². The molecular formula is C9H12N2O2S2. The van der Waals surface area contributed by atoms with Crippen LogP contribution in [0.1, 0.15) is 29.1 Å². The number of thiazole rings is 1. The minimum atomic E-state index is -1.02. The molecule has 0 spiro atoms. The van der Waals surface area contributed by atoms with Crippen LogP contribution in [0.4, 0.5) is 0 Å². The molecule has 0 amide bonds. The molecule has 82 valence electrons. The van der Waals surface area contributed by atoms with Gasteiger partial charge in [-0.1, -0.05) is 0 Å². The fraction of sp³-hybridized carbons (Fsp3) is 0.556. The van der Waals surface area contributed by atoms with Gasteiger partial charge in [0, 0.05) is 17.1 Å². The lowest BCUT2D eigenvalue weighted by Crippen LogP contribution is -2.21. The molecule has 0 aliphatic carbocycles. The van der Waals surface area contributed by atoms with E-state index in [2.05, 4.69) is 4.98 Å². The second-order valence-electron chi connectivity index (χ2n) is 3.49. The molecule has 0 radical (unpaired) electrons. The molecule has 1 fully saturated rings. The number of aliphatic carboxylic acids is 1. The Morgan fingerprint density at radius 2 is 2.53 bits per heavy atom. The van der Waals surface area contributed by atoms with Crippen molar-refractivity contribution in [3.8, 4) is 0 Å². The number of carboxylic acid groups (broad SMARTS) is 1. The van der Waals surface area contributed by atoms with E-state index in [1.165, 1.54) is 17.1 Å². The summed E-state index contributed by atoms with van der Waals surface area (Å²) >= 11 is 3.44. The Hall–Kier alpha value is -0.590. The Bertz CT molecular complexity index is 361. The number of carboxylic acids is 1. The summed E-state index contributed by atoms with van der Waals surface area (Å²) in [5.74, 6) is 1.74. The standard InChI is InChI=1S/C9H12N2O2S2/c10-7(9(12)13)6-4-15-8(11-6)5-1-2-14-3-5/h4-5,7H,1-3,10H2,(H,12,13).